The topological polar surface area (TPSA) is 39.2 Å². The van der Waals surface area contributed by atoms with Crippen molar-refractivity contribution in [3.8, 4) is 0 Å². The van der Waals surface area contributed by atoms with Gasteiger partial charge in [-0.15, -0.1) is 0 Å². The Morgan fingerprint density at radius 2 is 2.22 bits per heavy atom. The van der Waals surface area contributed by atoms with Gasteiger partial charge < -0.3 is 4.74 Å². The number of Topliss-reactive ketones (excluding diaryl/α,β-unsaturated/α-hetero) is 1. The Bertz CT molecular complexity index is 428. The van der Waals surface area contributed by atoms with Crippen molar-refractivity contribution >= 4 is 17.4 Å². The smallest absolute Gasteiger partial charge is 0.165 e. The highest BCUT2D eigenvalue weighted by molar-refractivity contribution is 6.32. The van der Waals surface area contributed by atoms with Crippen molar-refractivity contribution in [2.45, 2.75) is 32.6 Å². The lowest BCUT2D eigenvalue weighted by atomic mass is 9.92. The molecule has 4 heteroatoms. The predicted molar refractivity (Wildman–Crippen MR) is 71.1 cm³/mol. The summed E-state index contributed by atoms with van der Waals surface area (Å²) < 4.78 is 5.35. The van der Waals surface area contributed by atoms with Crippen LogP contribution in [0.25, 0.3) is 0 Å². The molecule has 0 N–H and O–H groups in total. The Labute approximate surface area is 113 Å². The lowest BCUT2D eigenvalue weighted by Crippen LogP contribution is -2.17. The van der Waals surface area contributed by atoms with Crippen LogP contribution < -0.4 is 0 Å². The maximum Gasteiger partial charge on any atom is 0.165 e. The van der Waals surface area contributed by atoms with Crippen LogP contribution in [0.1, 0.15) is 42.1 Å². The molecule has 0 atom stereocenters. The first kappa shape index (κ1) is 13.5. The number of ketones is 1. The van der Waals surface area contributed by atoms with E-state index in [1.54, 1.807) is 6.20 Å². The van der Waals surface area contributed by atoms with Gasteiger partial charge in [-0.3, -0.25) is 4.79 Å². The molecule has 0 aliphatic carbocycles. The van der Waals surface area contributed by atoms with E-state index in [9.17, 15) is 4.79 Å². The predicted octanol–water partition coefficient (Wildman–Crippen LogP) is 3.30. The van der Waals surface area contributed by atoms with E-state index < -0.39 is 0 Å². The highest BCUT2D eigenvalue weighted by Crippen LogP contribution is 2.22. The SMILES string of the molecule is CCC(=O)c1cc(CC2CCOCC2)cnc1Cl. The molecule has 0 amide bonds. The van der Waals surface area contributed by atoms with Crippen LogP contribution in [0.4, 0.5) is 0 Å². The summed E-state index contributed by atoms with van der Waals surface area (Å²) in [7, 11) is 0. The van der Waals surface area contributed by atoms with Crippen LogP contribution in [0.5, 0.6) is 0 Å². The molecule has 1 saturated heterocycles. The molecule has 1 aliphatic rings. The Hall–Kier alpha value is -0.930. The molecule has 98 valence electrons. The monoisotopic (exact) mass is 267 g/mol. The third-order valence-electron chi connectivity index (χ3n) is 3.38. The number of ether oxygens (including phenoxy) is 1. The second kappa shape index (κ2) is 6.30. The molecule has 18 heavy (non-hydrogen) atoms. The minimum absolute atomic E-state index is 0.0568. The lowest BCUT2D eigenvalue weighted by molar-refractivity contribution is 0.0665. The molecule has 1 aromatic heterocycles. The van der Waals surface area contributed by atoms with Crippen LogP contribution in [0, 0.1) is 5.92 Å². The zero-order valence-electron chi connectivity index (χ0n) is 10.6. The summed E-state index contributed by atoms with van der Waals surface area (Å²) >= 11 is 5.96. The molecule has 0 unspecified atom stereocenters. The van der Waals surface area contributed by atoms with Crippen LogP contribution in [0.2, 0.25) is 5.15 Å². The van der Waals surface area contributed by atoms with Gasteiger partial charge in [-0.1, -0.05) is 18.5 Å². The number of hydrogen-bond donors (Lipinski definition) is 0. The van der Waals surface area contributed by atoms with E-state index in [0.717, 1.165) is 38.0 Å². The van der Waals surface area contributed by atoms with Gasteiger partial charge in [0.15, 0.2) is 5.78 Å². The van der Waals surface area contributed by atoms with Crippen LogP contribution in [0.15, 0.2) is 12.3 Å². The van der Waals surface area contributed by atoms with Gasteiger partial charge in [0.2, 0.25) is 0 Å². The first-order valence-electron chi connectivity index (χ1n) is 6.46. The van der Waals surface area contributed by atoms with Crippen LogP contribution in [-0.4, -0.2) is 24.0 Å². The van der Waals surface area contributed by atoms with Crippen molar-refractivity contribution in [1.29, 1.82) is 0 Å². The number of nitrogens with zero attached hydrogens (tertiary/aromatic N) is 1. The number of aromatic nitrogens is 1. The van der Waals surface area contributed by atoms with Gasteiger partial charge in [0.25, 0.3) is 0 Å². The highest BCUT2D eigenvalue weighted by Gasteiger charge is 2.16. The van der Waals surface area contributed by atoms with Crippen molar-refractivity contribution in [3.63, 3.8) is 0 Å². The third-order valence-corrected chi connectivity index (χ3v) is 3.68. The van der Waals surface area contributed by atoms with Crippen LogP contribution >= 0.6 is 11.6 Å². The van der Waals surface area contributed by atoms with E-state index in [0.29, 0.717) is 23.1 Å². The Morgan fingerprint density at radius 1 is 1.50 bits per heavy atom. The molecule has 2 heterocycles. The average molecular weight is 268 g/mol. The minimum atomic E-state index is 0.0568. The maximum atomic E-state index is 11.7. The number of carbonyl (C=O) groups excluding carboxylic acids is 1. The van der Waals surface area contributed by atoms with Gasteiger partial charge in [-0.25, -0.2) is 4.98 Å². The molecule has 1 aromatic rings. The molecule has 0 bridgehead atoms. The Kier molecular flexibility index (Phi) is 4.72. The van der Waals surface area contributed by atoms with Gasteiger partial charge in [-0.05, 0) is 36.8 Å². The molecule has 0 radical (unpaired) electrons. The fourth-order valence-electron chi connectivity index (χ4n) is 2.27. The molecule has 0 saturated carbocycles. The van der Waals surface area contributed by atoms with E-state index in [-0.39, 0.29) is 5.78 Å². The number of carbonyl (C=O) groups is 1. The summed E-state index contributed by atoms with van der Waals surface area (Å²) in [5, 5.41) is 0.317. The molecule has 0 spiro atoms. The first-order chi connectivity index (χ1) is 8.70. The van der Waals surface area contributed by atoms with Gasteiger partial charge >= 0.3 is 0 Å². The summed E-state index contributed by atoms with van der Waals surface area (Å²) in [6, 6.07) is 1.90. The highest BCUT2D eigenvalue weighted by atomic mass is 35.5. The average Bonchev–Trinajstić information content (AvgIpc) is 2.41. The van der Waals surface area contributed by atoms with Crippen molar-refractivity contribution in [3.05, 3.63) is 28.5 Å². The van der Waals surface area contributed by atoms with E-state index in [4.69, 9.17) is 16.3 Å². The van der Waals surface area contributed by atoms with E-state index >= 15 is 0 Å². The number of halogens is 1. The van der Waals surface area contributed by atoms with E-state index in [1.165, 1.54) is 0 Å². The van der Waals surface area contributed by atoms with Gasteiger partial charge in [-0.2, -0.15) is 0 Å². The zero-order valence-corrected chi connectivity index (χ0v) is 11.4. The molecule has 1 aliphatic heterocycles. The molecule has 3 nitrogen and oxygen atoms in total. The molecule has 1 fully saturated rings. The lowest BCUT2D eigenvalue weighted by Gasteiger charge is -2.22. The minimum Gasteiger partial charge on any atom is -0.381 e. The van der Waals surface area contributed by atoms with E-state index in [1.807, 2.05) is 13.0 Å². The summed E-state index contributed by atoms with van der Waals surface area (Å²) in [4.78, 5) is 15.9. The van der Waals surface area contributed by atoms with Crippen LogP contribution in [-0.2, 0) is 11.2 Å². The fraction of sp³-hybridized carbons (Fsp3) is 0.571. The van der Waals surface area contributed by atoms with Gasteiger partial charge in [0.1, 0.15) is 5.15 Å². The third kappa shape index (κ3) is 3.30. The summed E-state index contributed by atoms with van der Waals surface area (Å²) in [5.74, 6) is 0.688. The first-order valence-corrected chi connectivity index (χ1v) is 6.84. The van der Waals surface area contributed by atoms with E-state index in [2.05, 4.69) is 4.98 Å². The molecule has 0 aromatic carbocycles. The summed E-state index contributed by atoms with van der Waals surface area (Å²) in [5.41, 5.74) is 1.66. The van der Waals surface area contributed by atoms with Gasteiger partial charge in [0, 0.05) is 25.8 Å². The number of hydrogen-bond acceptors (Lipinski definition) is 3. The van der Waals surface area contributed by atoms with Crippen molar-refractivity contribution in [2.24, 2.45) is 5.92 Å². The van der Waals surface area contributed by atoms with Crippen molar-refractivity contribution in [1.82, 2.24) is 4.98 Å². The second-order valence-corrected chi connectivity index (χ2v) is 5.08. The summed E-state index contributed by atoms with van der Waals surface area (Å²) in [6.45, 7) is 3.52. The Morgan fingerprint density at radius 3 is 2.89 bits per heavy atom. The molecular formula is C14H18ClNO2. The number of pyridine rings is 1. The normalized spacial score (nSPS) is 16.8. The van der Waals surface area contributed by atoms with Crippen LogP contribution in [0.3, 0.4) is 0 Å². The largest absolute Gasteiger partial charge is 0.381 e. The summed E-state index contributed by atoms with van der Waals surface area (Å²) in [6.07, 6.45) is 5.36. The molecule has 2 rings (SSSR count). The second-order valence-electron chi connectivity index (χ2n) is 4.72. The van der Waals surface area contributed by atoms with Crippen molar-refractivity contribution in [2.75, 3.05) is 13.2 Å². The molecular weight excluding hydrogens is 250 g/mol. The van der Waals surface area contributed by atoms with Gasteiger partial charge in [0.05, 0.1) is 5.56 Å². The zero-order chi connectivity index (χ0) is 13.0. The Balaban J connectivity index is 2.11. The quantitative estimate of drug-likeness (QED) is 0.621. The maximum absolute atomic E-state index is 11.7. The van der Waals surface area contributed by atoms with Crippen molar-refractivity contribution < 1.29 is 9.53 Å². The fourth-order valence-corrected chi connectivity index (χ4v) is 2.48. The number of rotatable bonds is 4. The standard InChI is InChI=1S/C14H18ClNO2/c1-2-13(17)12-8-11(9-16-14(12)15)7-10-3-5-18-6-4-10/h8-10H,2-7H2,1H3.